The van der Waals surface area contributed by atoms with Gasteiger partial charge in [0.05, 0.1) is 5.69 Å². The highest BCUT2D eigenvalue weighted by Crippen LogP contribution is 2.38. The van der Waals surface area contributed by atoms with Crippen molar-refractivity contribution in [3.8, 4) is 5.75 Å². The Labute approximate surface area is 101 Å². The van der Waals surface area contributed by atoms with Crippen LogP contribution < -0.4 is 4.74 Å². The van der Waals surface area contributed by atoms with E-state index in [1.54, 1.807) is 0 Å². The number of aliphatic hydroxyl groups is 1. The molecule has 0 unspecified atom stereocenters. The average Bonchev–Trinajstić information content (AvgIpc) is 2.23. The van der Waals surface area contributed by atoms with Gasteiger partial charge in [0.25, 0.3) is 0 Å². The van der Waals surface area contributed by atoms with Crippen molar-refractivity contribution in [3.05, 3.63) is 23.5 Å². The SMILES string of the molecule is CC(=O)Oc1ccnc(CCCO)c1C(F)(F)F. The predicted molar refractivity (Wildman–Crippen MR) is 56.0 cm³/mol. The molecule has 1 heterocycles. The molecule has 1 rings (SSSR count). The standard InChI is InChI=1S/C11H12F3NO3/c1-7(17)18-9-4-5-15-8(3-2-6-16)10(9)11(12,13)14/h4-5,16H,2-3,6H2,1H3. The zero-order valence-electron chi connectivity index (χ0n) is 9.62. The van der Waals surface area contributed by atoms with Crippen LogP contribution in [0.25, 0.3) is 0 Å². The molecule has 0 bridgehead atoms. The van der Waals surface area contributed by atoms with E-state index in [0.717, 1.165) is 19.2 Å². The Hall–Kier alpha value is -1.63. The first-order chi connectivity index (χ1) is 8.36. The maximum absolute atomic E-state index is 12.9. The minimum absolute atomic E-state index is 0.0412. The molecule has 0 fully saturated rings. The maximum atomic E-state index is 12.9. The van der Waals surface area contributed by atoms with Gasteiger partial charge in [-0.1, -0.05) is 0 Å². The summed E-state index contributed by atoms with van der Waals surface area (Å²) in [6, 6.07) is 0.993. The van der Waals surface area contributed by atoms with E-state index < -0.39 is 23.5 Å². The van der Waals surface area contributed by atoms with E-state index in [1.165, 1.54) is 0 Å². The van der Waals surface area contributed by atoms with Gasteiger partial charge in [-0.25, -0.2) is 0 Å². The molecule has 100 valence electrons. The molecule has 0 saturated heterocycles. The Kier molecular flexibility index (Phi) is 4.66. The molecule has 0 aromatic carbocycles. The number of esters is 1. The van der Waals surface area contributed by atoms with Crippen LogP contribution in [0, 0.1) is 0 Å². The third kappa shape index (κ3) is 3.69. The van der Waals surface area contributed by atoms with Crippen LogP contribution >= 0.6 is 0 Å². The predicted octanol–water partition coefficient (Wildman–Crippen LogP) is 1.95. The van der Waals surface area contributed by atoms with E-state index in [-0.39, 0.29) is 25.1 Å². The van der Waals surface area contributed by atoms with Crippen LogP contribution in [-0.4, -0.2) is 22.7 Å². The fourth-order valence-corrected chi connectivity index (χ4v) is 1.46. The topological polar surface area (TPSA) is 59.4 Å². The number of aliphatic hydroxyl groups excluding tert-OH is 1. The molecule has 4 nitrogen and oxygen atoms in total. The van der Waals surface area contributed by atoms with Crippen molar-refractivity contribution < 1.29 is 27.8 Å². The van der Waals surface area contributed by atoms with Gasteiger partial charge in [0.15, 0.2) is 0 Å². The number of nitrogens with zero attached hydrogens (tertiary/aromatic N) is 1. The Bertz CT molecular complexity index is 432. The lowest BCUT2D eigenvalue weighted by atomic mass is 10.1. The monoisotopic (exact) mass is 263 g/mol. The van der Waals surface area contributed by atoms with Crippen LogP contribution in [-0.2, 0) is 17.4 Å². The number of ether oxygens (including phenoxy) is 1. The summed E-state index contributed by atoms with van der Waals surface area (Å²) in [7, 11) is 0. The number of aromatic nitrogens is 1. The first-order valence-electron chi connectivity index (χ1n) is 5.20. The summed E-state index contributed by atoms with van der Waals surface area (Å²) < 4.78 is 43.2. The van der Waals surface area contributed by atoms with Crippen LogP contribution in [0.15, 0.2) is 12.3 Å². The molecular formula is C11H12F3NO3. The van der Waals surface area contributed by atoms with E-state index >= 15 is 0 Å². The van der Waals surface area contributed by atoms with Gasteiger partial charge in [0.1, 0.15) is 11.3 Å². The van der Waals surface area contributed by atoms with Crippen molar-refractivity contribution in [2.75, 3.05) is 6.61 Å². The summed E-state index contributed by atoms with van der Waals surface area (Å²) in [6.45, 7) is 0.782. The zero-order chi connectivity index (χ0) is 13.8. The number of pyridine rings is 1. The molecule has 1 N–H and O–H groups in total. The highest BCUT2D eigenvalue weighted by Gasteiger charge is 2.38. The molecule has 0 amide bonds. The van der Waals surface area contributed by atoms with E-state index in [4.69, 9.17) is 5.11 Å². The van der Waals surface area contributed by atoms with Crippen LogP contribution in [0.1, 0.15) is 24.6 Å². The number of halogens is 3. The smallest absolute Gasteiger partial charge is 0.421 e. The molecule has 1 aromatic heterocycles. The Morgan fingerprint density at radius 3 is 2.67 bits per heavy atom. The van der Waals surface area contributed by atoms with Crippen molar-refractivity contribution in [1.29, 1.82) is 0 Å². The number of carbonyl (C=O) groups excluding carboxylic acids is 1. The molecule has 0 saturated carbocycles. The molecule has 18 heavy (non-hydrogen) atoms. The van der Waals surface area contributed by atoms with Gasteiger partial charge in [0.2, 0.25) is 0 Å². The fourth-order valence-electron chi connectivity index (χ4n) is 1.46. The van der Waals surface area contributed by atoms with Gasteiger partial charge in [-0.15, -0.1) is 0 Å². The fraction of sp³-hybridized carbons (Fsp3) is 0.455. The van der Waals surface area contributed by atoms with Crippen LogP contribution in [0.4, 0.5) is 13.2 Å². The molecule has 0 aliphatic rings. The summed E-state index contributed by atoms with van der Waals surface area (Å²) >= 11 is 0. The van der Waals surface area contributed by atoms with E-state index in [9.17, 15) is 18.0 Å². The Morgan fingerprint density at radius 2 is 2.17 bits per heavy atom. The number of rotatable bonds is 4. The summed E-state index contributed by atoms with van der Waals surface area (Å²) in [5.74, 6) is -1.39. The lowest BCUT2D eigenvalue weighted by Gasteiger charge is -2.15. The van der Waals surface area contributed by atoms with Gasteiger partial charge >= 0.3 is 12.1 Å². The van der Waals surface area contributed by atoms with Gasteiger partial charge in [-0.3, -0.25) is 9.78 Å². The highest BCUT2D eigenvalue weighted by molar-refractivity contribution is 5.70. The second-order valence-electron chi connectivity index (χ2n) is 3.55. The number of hydrogen-bond donors (Lipinski definition) is 1. The zero-order valence-corrected chi connectivity index (χ0v) is 9.62. The molecule has 0 aliphatic heterocycles. The van der Waals surface area contributed by atoms with Crippen molar-refractivity contribution in [2.24, 2.45) is 0 Å². The van der Waals surface area contributed by atoms with Crippen molar-refractivity contribution in [2.45, 2.75) is 25.9 Å². The third-order valence-corrected chi connectivity index (χ3v) is 2.10. The van der Waals surface area contributed by atoms with Crippen molar-refractivity contribution in [3.63, 3.8) is 0 Å². The number of alkyl halides is 3. The molecule has 1 aromatic rings. The minimum atomic E-state index is -4.66. The molecule has 0 atom stereocenters. The summed E-state index contributed by atoms with van der Waals surface area (Å²) in [6.07, 6.45) is -3.41. The molecular weight excluding hydrogens is 251 g/mol. The van der Waals surface area contributed by atoms with E-state index in [0.29, 0.717) is 0 Å². The second-order valence-corrected chi connectivity index (χ2v) is 3.55. The van der Waals surface area contributed by atoms with Crippen LogP contribution in [0.3, 0.4) is 0 Å². The van der Waals surface area contributed by atoms with Crippen molar-refractivity contribution >= 4 is 5.97 Å². The van der Waals surface area contributed by atoms with Crippen LogP contribution in [0.5, 0.6) is 5.75 Å². The Morgan fingerprint density at radius 1 is 1.50 bits per heavy atom. The summed E-state index contributed by atoms with van der Waals surface area (Å²) in [5, 5.41) is 8.64. The lowest BCUT2D eigenvalue weighted by molar-refractivity contribution is -0.142. The van der Waals surface area contributed by atoms with Crippen molar-refractivity contribution in [1.82, 2.24) is 4.98 Å². The third-order valence-electron chi connectivity index (χ3n) is 2.10. The second kappa shape index (κ2) is 5.81. The quantitative estimate of drug-likeness (QED) is 0.843. The number of carbonyl (C=O) groups is 1. The van der Waals surface area contributed by atoms with Gasteiger partial charge < -0.3 is 9.84 Å². The van der Waals surface area contributed by atoms with Gasteiger partial charge in [-0.05, 0) is 18.9 Å². The molecule has 0 aliphatic carbocycles. The number of hydrogen-bond acceptors (Lipinski definition) is 4. The lowest BCUT2D eigenvalue weighted by Crippen LogP contribution is -2.15. The normalized spacial score (nSPS) is 11.4. The van der Waals surface area contributed by atoms with E-state index in [2.05, 4.69) is 9.72 Å². The maximum Gasteiger partial charge on any atom is 0.421 e. The minimum Gasteiger partial charge on any atom is -0.426 e. The largest absolute Gasteiger partial charge is 0.426 e. The average molecular weight is 263 g/mol. The highest BCUT2D eigenvalue weighted by atomic mass is 19.4. The first kappa shape index (κ1) is 14.4. The molecule has 7 heteroatoms. The van der Waals surface area contributed by atoms with Gasteiger partial charge in [0, 0.05) is 19.7 Å². The first-order valence-corrected chi connectivity index (χ1v) is 5.20. The molecule has 0 radical (unpaired) electrons. The van der Waals surface area contributed by atoms with E-state index in [1.807, 2.05) is 0 Å². The van der Waals surface area contributed by atoms with Crippen LogP contribution in [0.2, 0.25) is 0 Å². The number of aryl methyl sites for hydroxylation is 1. The summed E-state index contributed by atoms with van der Waals surface area (Å²) in [5.41, 5.74) is -1.30. The summed E-state index contributed by atoms with van der Waals surface area (Å²) in [4.78, 5) is 14.4. The van der Waals surface area contributed by atoms with Gasteiger partial charge in [-0.2, -0.15) is 13.2 Å². The Balaban J connectivity index is 3.21. The molecule has 0 spiro atoms.